The molecule has 1 aliphatic rings. The Balaban J connectivity index is 2.15. The highest BCUT2D eigenvalue weighted by atomic mass is 15.0. The van der Waals surface area contributed by atoms with Gasteiger partial charge in [-0.3, -0.25) is 0 Å². The third-order valence-corrected chi connectivity index (χ3v) is 4.84. The molecule has 1 heteroatoms. The fourth-order valence-electron chi connectivity index (χ4n) is 3.20. The molecule has 1 aromatic rings. The van der Waals surface area contributed by atoms with E-state index >= 15 is 0 Å². The lowest BCUT2D eigenvalue weighted by molar-refractivity contribution is 0.0411. The lowest BCUT2D eigenvalue weighted by Crippen LogP contribution is -2.54. The monoisotopic (exact) mass is 273 g/mol. The third kappa shape index (κ3) is 3.44. The zero-order chi connectivity index (χ0) is 15.0. The minimum Gasteiger partial charge on any atom is -0.311 e. The van der Waals surface area contributed by atoms with Crippen molar-refractivity contribution in [1.82, 2.24) is 5.32 Å². The first kappa shape index (κ1) is 15.6. The second-order valence-electron chi connectivity index (χ2n) is 8.72. The SMILES string of the molecule is CC(C)(C)NCC1(c2ccccc2)CC(C(C)(C)C)C1. The van der Waals surface area contributed by atoms with Gasteiger partial charge in [-0.05, 0) is 50.5 Å². The van der Waals surface area contributed by atoms with E-state index in [2.05, 4.69) is 77.2 Å². The van der Waals surface area contributed by atoms with Crippen molar-refractivity contribution in [2.75, 3.05) is 6.54 Å². The van der Waals surface area contributed by atoms with Crippen LogP contribution in [0.15, 0.2) is 30.3 Å². The van der Waals surface area contributed by atoms with Crippen LogP contribution in [0, 0.1) is 11.3 Å². The highest BCUT2D eigenvalue weighted by Gasteiger charge is 2.49. The molecule has 1 aliphatic carbocycles. The highest BCUT2D eigenvalue weighted by Crippen LogP contribution is 2.54. The van der Waals surface area contributed by atoms with Crippen LogP contribution in [0.5, 0.6) is 0 Å². The van der Waals surface area contributed by atoms with E-state index < -0.39 is 0 Å². The summed E-state index contributed by atoms with van der Waals surface area (Å²) in [4.78, 5) is 0. The van der Waals surface area contributed by atoms with Crippen LogP contribution in [-0.4, -0.2) is 12.1 Å². The van der Waals surface area contributed by atoms with Gasteiger partial charge in [-0.15, -0.1) is 0 Å². The quantitative estimate of drug-likeness (QED) is 0.836. The number of hydrogen-bond acceptors (Lipinski definition) is 1. The molecule has 0 aromatic heterocycles. The summed E-state index contributed by atoms with van der Waals surface area (Å²) in [6, 6.07) is 11.1. The lowest BCUT2D eigenvalue weighted by atomic mass is 9.52. The molecular weight excluding hydrogens is 242 g/mol. The van der Waals surface area contributed by atoms with Crippen molar-refractivity contribution in [2.24, 2.45) is 11.3 Å². The maximum absolute atomic E-state index is 3.74. The molecule has 1 fully saturated rings. The Morgan fingerprint density at radius 1 is 1.00 bits per heavy atom. The predicted molar refractivity (Wildman–Crippen MR) is 88.1 cm³/mol. The van der Waals surface area contributed by atoms with E-state index in [-0.39, 0.29) is 5.54 Å². The van der Waals surface area contributed by atoms with Crippen molar-refractivity contribution in [2.45, 2.75) is 65.3 Å². The Labute approximate surface area is 125 Å². The Hall–Kier alpha value is -0.820. The molecule has 0 radical (unpaired) electrons. The van der Waals surface area contributed by atoms with Crippen molar-refractivity contribution < 1.29 is 0 Å². The molecule has 0 unspecified atom stereocenters. The molecule has 0 saturated heterocycles. The van der Waals surface area contributed by atoms with Crippen LogP contribution in [0.4, 0.5) is 0 Å². The van der Waals surface area contributed by atoms with Gasteiger partial charge in [0.2, 0.25) is 0 Å². The van der Waals surface area contributed by atoms with E-state index in [0.29, 0.717) is 10.8 Å². The molecule has 0 heterocycles. The summed E-state index contributed by atoms with van der Waals surface area (Å²) < 4.78 is 0. The maximum atomic E-state index is 3.74. The summed E-state index contributed by atoms with van der Waals surface area (Å²) in [7, 11) is 0. The largest absolute Gasteiger partial charge is 0.311 e. The van der Waals surface area contributed by atoms with Crippen LogP contribution in [0.2, 0.25) is 0 Å². The maximum Gasteiger partial charge on any atom is 0.00968 e. The third-order valence-electron chi connectivity index (χ3n) is 4.84. The molecule has 2 rings (SSSR count). The number of rotatable bonds is 3. The van der Waals surface area contributed by atoms with Crippen LogP contribution >= 0.6 is 0 Å². The van der Waals surface area contributed by atoms with E-state index in [9.17, 15) is 0 Å². The van der Waals surface area contributed by atoms with Crippen LogP contribution < -0.4 is 5.32 Å². The first-order valence-corrected chi connectivity index (χ1v) is 7.93. The Kier molecular flexibility index (Phi) is 4.03. The summed E-state index contributed by atoms with van der Waals surface area (Å²) in [5.74, 6) is 0.837. The smallest absolute Gasteiger partial charge is 0.00968 e. The molecule has 0 amide bonds. The molecule has 1 nitrogen and oxygen atoms in total. The van der Waals surface area contributed by atoms with Crippen LogP contribution in [-0.2, 0) is 5.41 Å². The molecule has 0 bridgehead atoms. The molecule has 1 saturated carbocycles. The first-order chi connectivity index (χ1) is 9.12. The van der Waals surface area contributed by atoms with Crippen molar-refractivity contribution in [3.05, 3.63) is 35.9 Å². The van der Waals surface area contributed by atoms with Gasteiger partial charge in [0.05, 0.1) is 0 Å². The molecule has 20 heavy (non-hydrogen) atoms. The molecule has 0 aliphatic heterocycles. The van der Waals surface area contributed by atoms with E-state index in [1.807, 2.05) is 0 Å². The van der Waals surface area contributed by atoms with Gasteiger partial charge in [-0.25, -0.2) is 0 Å². The normalized spacial score (nSPS) is 27.2. The molecule has 1 aromatic carbocycles. The van der Waals surface area contributed by atoms with E-state index in [4.69, 9.17) is 0 Å². The number of nitrogens with one attached hydrogen (secondary N) is 1. The predicted octanol–water partition coefficient (Wildman–Crippen LogP) is 4.77. The minimum absolute atomic E-state index is 0.189. The molecule has 112 valence electrons. The Morgan fingerprint density at radius 3 is 2.00 bits per heavy atom. The van der Waals surface area contributed by atoms with Gasteiger partial charge in [0, 0.05) is 17.5 Å². The van der Waals surface area contributed by atoms with Gasteiger partial charge in [0.1, 0.15) is 0 Å². The second kappa shape index (κ2) is 5.18. The summed E-state index contributed by atoms with van der Waals surface area (Å²) in [5, 5.41) is 3.74. The van der Waals surface area contributed by atoms with Gasteiger partial charge >= 0.3 is 0 Å². The fraction of sp³-hybridized carbons (Fsp3) is 0.684. The summed E-state index contributed by atoms with van der Waals surface area (Å²) in [6.45, 7) is 15.0. The van der Waals surface area contributed by atoms with E-state index in [0.717, 1.165) is 12.5 Å². The van der Waals surface area contributed by atoms with Gasteiger partial charge in [-0.2, -0.15) is 0 Å². The van der Waals surface area contributed by atoms with Crippen LogP contribution in [0.1, 0.15) is 59.9 Å². The Bertz CT molecular complexity index is 422. The van der Waals surface area contributed by atoms with E-state index in [1.165, 1.54) is 18.4 Å². The average Bonchev–Trinajstić information content (AvgIpc) is 2.25. The lowest BCUT2D eigenvalue weighted by Gasteiger charge is -2.54. The van der Waals surface area contributed by atoms with Crippen molar-refractivity contribution in [3.63, 3.8) is 0 Å². The van der Waals surface area contributed by atoms with Crippen LogP contribution in [0.3, 0.4) is 0 Å². The standard InChI is InChI=1S/C19H31N/c1-17(2,3)16-12-19(13-16,14-20-18(4,5)6)15-10-8-7-9-11-15/h7-11,16,20H,12-14H2,1-6H3. The van der Waals surface area contributed by atoms with Gasteiger partial charge in [0.25, 0.3) is 0 Å². The van der Waals surface area contributed by atoms with Crippen molar-refractivity contribution in [3.8, 4) is 0 Å². The summed E-state index contributed by atoms with van der Waals surface area (Å²) >= 11 is 0. The zero-order valence-electron chi connectivity index (χ0n) is 14.1. The molecule has 1 N–H and O–H groups in total. The fourth-order valence-corrected chi connectivity index (χ4v) is 3.20. The van der Waals surface area contributed by atoms with Gasteiger partial charge in [0.15, 0.2) is 0 Å². The zero-order valence-corrected chi connectivity index (χ0v) is 14.1. The van der Waals surface area contributed by atoms with Crippen LogP contribution in [0.25, 0.3) is 0 Å². The van der Waals surface area contributed by atoms with Crippen molar-refractivity contribution >= 4 is 0 Å². The minimum atomic E-state index is 0.189. The van der Waals surface area contributed by atoms with Gasteiger partial charge in [-0.1, -0.05) is 51.1 Å². The van der Waals surface area contributed by atoms with Gasteiger partial charge < -0.3 is 5.32 Å². The van der Waals surface area contributed by atoms with Crippen molar-refractivity contribution in [1.29, 1.82) is 0 Å². The van der Waals surface area contributed by atoms with E-state index in [1.54, 1.807) is 0 Å². The molecular formula is C19H31N. The number of benzene rings is 1. The summed E-state index contributed by atoms with van der Waals surface area (Å²) in [6.07, 6.45) is 2.62. The second-order valence-corrected chi connectivity index (χ2v) is 8.72. The highest BCUT2D eigenvalue weighted by molar-refractivity contribution is 5.30. The first-order valence-electron chi connectivity index (χ1n) is 7.93. The topological polar surface area (TPSA) is 12.0 Å². The number of hydrogen-bond donors (Lipinski definition) is 1. The average molecular weight is 273 g/mol. The molecule has 0 spiro atoms. The Morgan fingerprint density at radius 2 is 1.55 bits per heavy atom. The summed E-state index contributed by atoms with van der Waals surface area (Å²) in [5.41, 5.74) is 2.47. The molecule has 0 atom stereocenters.